The molecule has 1 unspecified atom stereocenters. The van der Waals surface area contributed by atoms with Gasteiger partial charge in [0.15, 0.2) is 6.29 Å². The van der Waals surface area contributed by atoms with Crippen molar-refractivity contribution in [3.05, 3.63) is 23.8 Å². The van der Waals surface area contributed by atoms with Crippen LogP contribution in [0.4, 0.5) is 0 Å². The summed E-state index contributed by atoms with van der Waals surface area (Å²) in [5, 5.41) is 19.5. The van der Waals surface area contributed by atoms with Crippen molar-refractivity contribution >= 4 is 0 Å². The van der Waals surface area contributed by atoms with Crippen molar-refractivity contribution in [2.75, 3.05) is 0 Å². The minimum Gasteiger partial charge on any atom is -0.378 e. The average Bonchev–Trinajstić information content (AvgIpc) is 2.27. The summed E-state index contributed by atoms with van der Waals surface area (Å²) in [4.78, 5) is 0. The van der Waals surface area contributed by atoms with Gasteiger partial charge < -0.3 is 14.9 Å². The molecule has 3 atom stereocenters. The SMILES string of the molecule is C=C1C(O)O[C@@H]2CCC(C)=C[C@]12O. The molecule has 0 bridgehead atoms. The van der Waals surface area contributed by atoms with E-state index in [-0.39, 0.29) is 6.10 Å². The van der Waals surface area contributed by atoms with Crippen LogP contribution in [0.2, 0.25) is 0 Å². The number of rotatable bonds is 0. The molecule has 0 radical (unpaired) electrons. The fourth-order valence-corrected chi connectivity index (χ4v) is 2.03. The standard InChI is InChI=1S/C10H14O3/c1-6-3-4-8-10(12,5-6)7(2)9(11)13-8/h5,8-9,11-12H,2-4H2,1H3/t8-,9?,10+/m1/s1. The Morgan fingerprint density at radius 2 is 2.38 bits per heavy atom. The van der Waals surface area contributed by atoms with Crippen molar-refractivity contribution in [3.8, 4) is 0 Å². The normalized spacial score (nSPS) is 44.5. The van der Waals surface area contributed by atoms with Gasteiger partial charge in [0.2, 0.25) is 0 Å². The summed E-state index contributed by atoms with van der Waals surface area (Å²) in [6, 6.07) is 0. The third-order valence-electron chi connectivity index (χ3n) is 2.86. The van der Waals surface area contributed by atoms with Gasteiger partial charge in [0.05, 0.1) is 6.10 Å². The Morgan fingerprint density at radius 1 is 1.69 bits per heavy atom. The third kappa shape index (κ3) is 1.15. The van der Waals surface area contributed by atoms with Crippen molar-refractivity contribution in [2.45, 2.75) is 37.8 Å². The number of aliphatic hydroxyl groups excluding tert-OH is 1. The molecule has 2 rings (SSSR count). The van der Waals surface area contributed by atoms with Gasteiger partial charge in [0.1, 0.15) is 5.60 Å². The van der Waals surface area contributed by atoms with E-state index in [1.165, 1.54) is 0 Å². The molecule has 0 aromatic heterocycles. The molecular weight excluding hydrogens is 168 g/mol. The second-order valence-corrected chi connectivity index (χ2v) is 3.86. The quantitative estimate of drug-likeness (QED) is 0.543. The number of hydrogen-bond donors (Lipinski definition) is 2. The van der Waals surface area contributed by atoms with Crippen LogP contribution in [-0.2, 0) is 4.74 Å². The molecule has 3 nitrogen and oxygen atoms in total. The highest BCUT2D eigenvalue weighted by Crippen LogP contribution is 2.41. The fourth-order valence-electron chi connectivity index (χ4n) is 2.03. The molecule has 0 aromatic rings. The van der Waals surface area contributed by atoms with Crippen LogP contribution < -0.4 is 0 Å². The molecule has 13 heavy (non-hydrogen) atoms. The van der Waals surface area contributed by atoms with E-state index in [2.05, 4.69) is 6.58 Å². The molecule has 0 amide bonds. The fraction of sp³-hybridized carbons (Fsp3) is 0.600. The summed E-state index contributed by atoms with van der Waals surface area (Å²) >= 11 is 0. The highest BCUT2D eigenvalue weighted by molar-refractivity contribution is 5.34. The number of allylic oxidation sites excluding steroid dienone is 1. The molecular formula is C10H14O3. The molecule has 72 valence electrons. The summed E-state index contributed by atoms with van der Waals surface area (Å²) in [5.74, 6) is 0. The lowest BCUT2D eigenvalue weighted by atomic mass is 9.82. The predicted molar refractivity (Wildman–Crippen MR) is 48.0 cm³/mol. The van der Waals surface area contributed by atoms with E-state index in [1.54, 1.807) is 6.08 Å². The van der Waals surface area contributed by atoms with E-state index in [4.69, 9.17) is 4.74 Å². The van der Waals surface area contributed by atoms with Crippen LogP contribution in [0.5, 0.6) is 0 Å². The van der Waals surface area contributed by atoms with Gasteiger partial charge in [-0.1, -0.05) is 12.2 Å². The molecule has 1 aliphatic carbocycles. The molecule has 0 aromatic carbocycles. The molecule has 1 aliphatic heterocycles. The number of ether oxygens (including phenoxy) is 1. The van der Waals surface area contributed by atoms with Gasteiger partial charge in [-0.25, -0.2) is 0 Å². The Balaban J connectivity index is 2.39. The maximum Gasteiger partial charge on any atom is 0.180 e. The Kier molecular flexibility index (Phi) is 1.84. The zero-order valence-corrected chi connectivity index (χ0v) is 7.66. The van der Waals surface area contributed by atoms with E-state index in [0.29, 0.717) is 5.57 Å². The lowest BCUT2D eigenvalue weighted by Crippen LogP contribution is -2.39. The van der Waals surface area contributed by atoms with E-state index >= 15 is 0 Å². The molecule has 2 N–H and O–H groups in total. The summed E-state index contributed by atoms with van der Waals surface area (Å²) in [5.41, 5.74) is 0.344. The van der Waals surface area contributed by atoms with Crippen LogP contribution in [0, 0.1) is 0 Å². The Hall–Kier alpha value is -0.640. The van der Waals surface area contributed by atoms with Gasteiger partial charge in [-0.15, -0.1) is 0 Å². The van der Waals surface area contributed by atoms with Crippen molar-refractivity contribution in [2.24, 2.45) is 0 Å². The zero-order chi connectivity index (χ0) is 9.64. The molecule has 3 heteroatoms. The number of hydrogen-bond acceptors (Lipinski definition) is 3. The molecule has 1 fully saturated rings. The van der Waals surface area contributed by atoms with Crippen LogP contribution >= 0.6 is 0 Å². The molecule has 2 aliphatic rings. The monoisotopic (exact) mass is 182 g/mol. The minimum atomic E-state index is -1.14. The first-order valence-electron chi connectivity index (χ1n) is 4.47. The Bertz CT molecular complexity index is 282. The number of aliphatic hydroxyl groups is 2. The lowest BCUT2D eigenvalue weighted by molar-refractivity contribution is -0.0991. The first-order chi connectivity index (χ1) is 6.04. The summed E-state index contributed by atoms with van der Waals surface area (Å²) in [6.07, 6.45) is 2.07. The molecule has 0 saturated carbocycles. The first-order valence-corrected chi connectivity index (χ1v) is 4.47. The van der Waals surface area contributed by atoms with E-state index in [9.17, 15) is 10.2 Å². The molecule has 0 spiro atoms. The third-order valence-corrected chi connectivity index (χ3v) is 2.86. The van der Waals surface area contributed by atoms with Crippen molar-refractivity contribution in [3.63, 3.8) is 0 Å². The van der Waals surface area contributed by atoms with Crippen LogP contribution in [0.3, 0.4) is 0 Å². The van der Waals surface area contributed by atoms with Crippen LogP contribution in [0.15, 0.2) is 23.8 Å². The van der Waals surface area contributed by atoms with Gasteiger partial charge in [0, 0.05) is 5.57 Å². The number of fused-ring (bicyclic) bond motifs is 1. The lowest BCUT2D eigenvalue weighted by Gasteiger charge is -2.30. The van der Waals surface area contributed by atoms with E-state index in [1.807, 2.05) is 6.92 Å². The summed E-state index contributed by atoms with van der Waals surface area (Å²) in [6.45, 7) is 5.62. The Labute approximate surface area is 77.3 Å². The van der Waals surface area contributed by atoms with Crippen molar-refractivity contribution < 1.29 is 14.9 Å². The first kappa shape index (κ1) is 8.94. The van der Waals surface area contributed by atoms with E-state index in [0.717, 1.165) is 18.4 Å². The highest BCUT2D eigenvalue weighted by Gasteiger charge is 2.49. The largest absolute Gasteiger partial charge is 0.378 e. The van der Waals surface area contributed by atoms with Crippen molar-refractivity contribution in [1.82, 2.24) is 0 Å². The maximum absolute atomic E-state index is 10.2. The minimum absolute atomic E-state index is 0.321. The maximum atomic E-state index is 10.2. The second kappa shape index (κ2) is 2.67. The average molecular weight is 182 g/mol. The smallest absolute Gasteiger partial charge is 0.180 e. The zero-order valence-electron chi connectivity index (χ0n) is 7.66. The Morgan fingerprint density at radius 3 is 3.08 bits per heavy atom. The van der Waals surface area contributed by atoms with Crippen LogP contribution in [0.25, 0.3) is 0 Å². The van der Waals surface area contributed by atoms with Crippen LogP contribution in [0.1, 0.15) is 19.8 Å². The molecule has 1 saturated heterocycles. The predicted octanol–water partition coefficient (Wildman–Crippen LogP) is 0.731. The van der Waals surface area contributed by atoms with Gasteiger partial charge >= 0.3 is 0 Å². The van der Waals surface area contributed by atoms with Gasteiger partial charge in [-0.2, -0.15) is 0 Å². The van der Waals surface area contributed by atoms with Crippen LogP contribution in [-0.4, -0.2) is 28.2 Å². The van der Waals surface area contributed by atoms with E-state index < -0.39 is 11.9 Å². The van der Waals surface area contributed by atoms with Crippen molar-refractivity contribution in [1.29, 1.82) is 0 Å². The summed E-state index contributed by atoms with van der Waals surface area (Å²) < 4.78 is 5.19. The van der Waals surface area contributed by atoms with Gasteiger partial charge in [0.25, 0.3) is 0 Å². The topological polar surface area (TPSA) is 49.7 Å². The second-order valence-electron chi connectivity index (χ2n) is 3.86. The molecule has 1 heterocycles. The van der Waals surface area contributed by atoms with Gasteiger partial charge in [-0.05, 0) is 25.8 Å². The highest BCUT2D eigenvalue weighted by atomic mass is 16.6. The summed E-state index contributed by atoms with van der Waals surface area (Å²) in [7, 11) is 0. The van der Waals surface area contributed by atoms with Gasteiger partial charge in [-0.3, -0.25) is 0 Å².